The van der Waals surface area contributed by atoms with E-state index in [0.29, 0.717) is 36.6 Å². The lowest BCUT2D eigenvalue weighted by Gasteiger charge is -2.52. The van der Waals surface area contributed by atoms with Crippen molar-refractivity contribution in [3.05, 3.63) is 28.3 Å². The molecule has 1 amide bonds. The van der Waals surface area contributed by atoms with E-state index in [1.165, 1.54) is 4.90 Å². The number of nitrogens with one attached hydrogen (secondary N) is 1. The lowest BCUT2D eigenvalue weighted by Crippen LogP contribution is -2.74. The maximum Gasteiger partial charge on any atom is 0.235 e. The van der Waals surface area contributed by atoms with Crippen molar-refractivity contribution in [2.45, 2.75) is 58.2 Å². The molecule has 0 aromatic heterocycles. The number of aromatic hydroxyl groups is 1. The van der Waals surface area contributed by atoms with Crippen LogP contribution in [0.25, 0.3) is 0 Å². The maximum atomic E-state index is 13.9. The second-order valence-corrected chi connectivity index (χ2v) is 11.6. The number of hydrogen-bond acceptors (Lipinski definition) is 9. The molecule has 5 N–H and O–H groups in total. The van der Waals surface area contributed by atoms with E-state index < -0.39 is 64.4 Å². The van der Waals surface area contributed by atoms with Gasteiger partial charge in [-0.25, -0.2) is 0 Å². The third-order valence-corrected chi connectivity index (χ3v) is 8.48. The molecule has 4 rings (SSSR count). The molecule has 6 atom stereocenters. The molecule has 2 fully saturated rings. The number of Topliss-reactive ketones (excluding diaryl/α,β-unsaturated/α-hetero) is 4. The Morgan fingerprint density at radius 3 is 2.39 bits per heavy atom. The monoisotopic (exact) mass is 527 g/mol. The highest BCUT2D eigenvalue weighted by Gasteiger charge is 2.69. The fourth-order valence-electron chi connectivity index (χ4n) is 6.76. The van der Waals surface area contributed by atoms with Gasteiger partial charge < -0.3 is 21.3 Å². The van der Waals surface area contributed by atoms with Crippen LogP contribution in [0.1, 0.15) is 54.2 Å². The average Bonchev–Trinajstić information content (AvgIpc) is 2.82. The smallest absolute Gasteiger partial charge is 0.235 e. The van der Waals surface area contributed by atoms with Gasteiger partial charge >= 0.3 is 0 Å². The van der Waals surface area contributed by atoms with Crippen molar-refractivity contribution < 1.29 is 34.2 Å². The van der Waals surface area contributed by atoms with E-state index in [1.54, 1.807) is 14.1 Å². The summed E-state index contributed by atoms with van der Waals surface area (Å²) in [6, 6.07) is 0.772. The molecular weight excluding hydrogens is 490 g/mol. The van der Waals surface area contributed by atoms with Gasteiger partial charge in [0.2, 0.25) is 5.91 Å². The molecule has 0 spiro atoms. The molecule has 0 radical (unpaired) electrons. The van der Waals surface area contributed by atoms with Crippen LogP contribution in [-0.4, -0.2) is 76.4 Å². The summed E-state index contributed by atoms with van der Waals surface area (Å²) in [5.74, 6) is -9.80. The van der Waals surface area contributed by atoms with Crippen LogP contribution in [0.2, 0.25) is 0 Å². The van der Waals surface area contributed by atoms with Gasteiger partial charge in [0.25, 0.3) is 0 Å². The molecule has 38 heavy (non-hydrogen) atoms. The molecule has 10 heteroatoms. The SMILES string of the molecule is CCc1cc(CNCC(C)C)c(O)c2c1C[C@H]1C[C@H]3[C@H](N(C)C)C(=O)C(C(N)=O)C(=O)[C@@]3(O)C(=O)C1C2=O. The highest BCUT2D eigenvalue weighted by atomic mass is 16.3. The second-order valence-electron chi connectivity index (χ2n) is 11.6. The summed E-state index contributed by atoms with van der Waals surface area (Å²) >= 11 is 0. The summed E-state index contributed by atoms with van der Waals surface area (Å²) in [5, 5.41) is 26.1. The number of phenolic OH excluding ortho intramolecular Hbond substituents is 1. The normalized spacial score (nSPS) is 30.9. The van der Waals surface area contributed by atoms with Crippen LogP contribution in [0.5, 0.6) is 5.75 Å². The topological polar surface area (TPSA) is 167 Å². The highest BCUT2D eigenvalue weighted by Crippen LogP contribution is 2.51. The van der Waals surface area contributed by atoms with E-state index >= 15 is 0 Å². The Bertz CT molecular complexity index is 1220. The summed E-state index contributed by atoms with van der Waals surface area (Å²) < 4.78 is 0. The highest BCUT2D eigenvalue weighted by molar-refractivity contribution is 6.32. The molecule has 3 aliphatic carbocycles. The van der Waals surface area contributed by atoms with Gasteiger partial charge in [-0.3, -0.25) is 28.9 Å². The van der Waals surface area contributed by atoms with Gasteiger partial charge in [0.15, 0.2) is 34.7 Å². The number of likely N-dealkylation sites (N-methyl/N-ethyl adjacent to an activating group) is 1. The molecule has 0 aliphatic heterocycles. The Kier molecular flexibility index (Phi) is 7.37. The predicted octanol–water partition coefficient (Wildman–Crippen LogP) is 0.175. The Hall–Kier alpha value is -2.95. The van der Waals surface area contributed by atoms with Crippen molar-refractivity contribution in [1.82, 2.24) is 10.2 Å². The number of fused-ring (bicyclic) bond motifs is 3. The number of hydrogen-bond donors (Lipinski definition) is 4. The Morgan fingerprint density at radius 2 is 1.84 bits per heavy atom. The molecule has 3 aliphatic rings. The number of nitrogens with two attached hydrogens (primary N) is 1. The van der Waals surface area contributed by atoms with E-state index in [0.717, 1.165) is 5.56 Å². The lowest BCUT2D eigenvalue weighted by atomic mass is 9.52. The van der Waals surface area contributed by atoms with E-state index in [4.69, 9.17) is 5.73 Å². The van der Waals surface area contributed by atoms with Crippen LogP contribution in [0, 0.1) is 29.6 Å². The van der Waals surface area contributed by atoms with Crippen LogP contribution in [0.3, 0.4) is 0 Å². The molecule has 1 aromatic carbocycles. The van der Waals surface area contributed by atoms with Crippen LogP contribution in [0.4, 0.5) is 0 Å². The quantitative estimate of drug-likeness (QED) is 0.362. The Labute approximate surface area is 221 Å². The van der Waals surface area contributed by atoms with E-state index in [2.05, 4.69) is 19.2 Å². The predicted molar refractivity (Wildman–Crippen MR) is 137 cm³/mol. The number of primary amides is 1. The minimum absolute atomic E-state index is 0.0471. The van der Waals surface area contributed by atoms with Gasteiger partial charge in [0.1, 0.15) is 5.75 Å². The number of nitrogens with zero attached hydrogens (tertiary/aromatic N) is 1. The standard InChI is InChI=1S/C28H37N3O7/c1-6-13-7-15(11-30-10-12(2)3)22(32)19-16(13)8-14-9-17-21(31(4)5)24(34)20(27(29)37)26(36)28(17,38)25(35)18(14)23(19)33/h7,12,14,17-18,20-21,30,32,38H,6,8-11H2,1-5H3,(H2,29,37)/t14-,17-,18?,20?,21-,28-/m0/s1. The Morgan fingerprint density at radius 1 is 1.18 bits per heavy atom. The van der Waals surface area contributed by atoms with Gasteiger partial charge in [0, 0.05) is 18.0 Å². The number of rotatable bonds is 7. The number of phenols is 1. The molecule has 2 saturated carbocycles. The number of amides is 1. The fraction of sp³-hybridized carbons (Fsp3) is 0.607. The zero-order valence-corrected chi connectivity index (χ0v) is 22.5. The minimum Gasteiger partial charge on any atom is -0.507 e. The van der Waals surface area contributed by atoms with E-state index in [-0.39, 0.29) is 24.2 Å². The minimum atomic E-state index is -2.71. The average molecular weight is 528 g/mol. The Balaban J connectivity index is 1.82. The van der Waals surface area contributed by atoms with Crippen molar-refractivity contribution in [1.29, 1.82) is 0 Å². The summed E-state index contributed by atoms with van der Waals surface area (Å²) in [6.07, 6.45) is 0.928. The van der Waals surface area contributed by atoms with Crippen molar-refractivity contribution >= 4 is 29.0 Å². The molecule has 10 nitrogen and oxygen atoms in total. The largest absolute Gasteiger partial charge is 0.507 e. The first-order valence-corrected chi connectivity index (χ1v) is 13.2. The van der Waals surface area contributed by atoms with Gasteiger partial charge in [-0.15, -0.1) is 0 Å². The second kappa shape index (κ2) is 9.98. The van der Waals surface area contributed by atoms with Gasteiger partial charge in [-0.2, -0.15) is 0 Å². The third kappa shape index (κ3) is 4.10. The van der Waals surface area contributed by atoms with Gasteiger partial charge in [-0.05, 0) is 62.9 Å². The van der Waals surface area contributed by atoms with Crippen LogP contribution in [0.15, 0.2) is 6.07 Å². The zero-order chi connectivity index (χ0) is 28.3. The first kappa shape index (κ1) is 28.1. The number of carbonyl (C=O) groups is 5. The summed E-state index contributed by atoms with van der Waals surface area (Å²) in [4.78, 5) is 67.9. The summed E-state index contributed by atoms with van der Waals surface area (Å²) in [6.45, 7) is 7.09. The molecular formula is C28H37N3O7. The van der Waals surface area contributed by atoms with Gasteiger partial charge in [-0.1, -0.05) is 26.8 Å². The number of benzene rings is 1. The fourth-order valence-corrected chi connectivity index (χ4v) is 6.76. The third-order valence-electron chi connectivity index (χ3n) is 8.48. The first-order valence-electron chi connectivity index (χ1n) is 13.2. The first-order chi connectivity index (χ1) is 17.8. The summed E-state index contributed by atoms with van der Waals surface area (Å²) in [5.41, 5.74) is 4.78. The summed E-state index contributed by atoms with van der Waals surface area (Å²) in [7, 11) is 3.13. The molecule has 0 bridgehead atoms. The van der Waals surface area contributed by atoms with E-state index in [9.17, 15) is 34.2 Å². The number of carbonyl (C=O) groups excluding carboxylic acids is 5. The lowest BCUT2D eigenvalue weighted by molar-refractivity contribution is -0.181. The van der Waals surface area contributed by atoms with Crippen LogP contribution < -0.4 is 11.1 Å². The van der Waals surface area contributed by atoms with Crippen molar-refractivity contribution in [2.24, 2.45) is 35.3 Å². The number of aryl methyl sites for hydroxylation is 1. The molecule has 1 aromatic rings. The van der Waals surface area contributed by atoms with Crippen LogP contribution in [-0.2, 0) is 38.6 Å². The molecule has 0 saturated heterocycles. The van der Waals surface area contributed by atoms with Gasteiger partial charge in [0.05, 0.1) is 17.5 Å². The molecule has 206 valence electrons. The van der Waals surface area contributed by atoms with Crippen LogP contribution >= 0.6 is 0 Å². The maximum absolute atomic E-state index is 13.9. The van der Waals surface area contributed by atoms with E-state index in [1.807, 2.05) is 13.0 Å². The molecule has 0 heterocycles. The molecule has 2 unspecified atom stereocenters. The van der Waals surface area contributed by atoms with Crippen molar-refractivity contribution in [3.8, 4) is 5.75 Å². The zero-order valence-electron chi connectivity index (χ0n) is 22.5. The van der Waals surface area contributed by atoms with Crippen molar-refractivity contribution in [2.75, 3.05) is 20.6 Å². The van der Waals surface area contributed by atoms with Crippen molar-refractivity contribution in [3.63, 3.8) is 0 Å². The number of ketones is 4. The number of aliphatic hydroxyl groups is 1.